The smallest absolute Gasteiger partial charge is 0.307 e. The number of carboxylic acid groups (broad SMARTS) is 1. The molecule has 68 valence electrons. The maximum atomic E-state index is 10.2. The molecule has 0 fully saturated rings. The number of rotatable bonds is 2. The second kappa shape index (κ2) is 6.10. The van der Waals surface area contributed by atoms with Crippen molar-refractivity contribution in [2.24, 2.45) is 0 Å². The van der Waals surface area contributed by atoms with Crippen LogP contribution in [-0.2, 0) is 11.2 Å². The molecule has 2 nitrogen and oxygen atoms in total. The Morgan fingerprint density at radius 3 is 2.54 bits per heavy atom. The molecule has 0 radical (unpaired) electrons. The highest BCUT2D eigenvalue weighted by Gasteiger charge is 1.99. The van der Waals surface area contributed by atoms with Gasteiger partial charge in [-0.3, -0.25) is 4.79 Å². The first-order chi connectivity index (χ1) is 6.18. The summed E-state index contributed by atoms with van der Waals surface area (Å²) in [5.74, 6) is -0.840. The summed E-state index contributed by atoms with van der Waals surface area (Å²) < 4.78 is 0. The fourth-order valence-corrected chi connectivity index (χ4v) is 1.03. The Labute approximate surface area is 82.2 Å². The number of hydrogen-bond donors (Lipinski definition) is 1. The molecule has 0 aliphatic heterocycles. The van der Waals surface area contributed by atoms with Gasteiger partial charge in [0.2, 0.25) is 0 Å². The third kappa shape index (κ3) is 4.89. The van der Waals surface area contributed by atoms with Crippen LogP contribution in [0, 0.1) is 12.8 Å². The van der Waals surface area contributed by atoms with Gasteiger partial charge < -0.3 is 5.11 Å². The lowest BCUT2D eigenvalue weighted by molar-refractivity contribution is -0.136. The summed E-state index contributed by atoms with van der Waals surface area (Å²) in [5.41, 5.74) is 0.727. The highest BCUT2D eigenvalue weighted by molar-refractivity contribution is 6.30. The van der Waals surface area contributed by atoms with Crippen LogP contribution in [0.1, 0.15) is 5.56 Å². The van der Waals surface area contributed by atoms with Gasteiger partial charge in [-0.1, -0.05) is 23.7 Å². The third-order valence-corrected chi connectivity index (χ3v) is 1.48. The Balaban J connectivity index is 0.000000671. The van der Waals surface area contributed by atoms with Crippen LogP contribution in [0.4, 0.5) is 0 Å². The number of terminal acetylenes is 1. The molecule has 0 amide bonds. The van der Waals surface area contributed by atoms with E-state index < -0.39 is 5.97 Å². The van der Waals surface area contributed by atoms with E-state index >= 15 is 0 Å². The summed E-state index contributed by atoms with van der Waals surface area (Å²) in [4.78, 5) is 10.2. The molecule has 0 aromatic heterocycles. The molecule has 0 unspecified atom stereocenters. The van der Waals surface area contributed by atoms with E-state index in [1.54, 1.807) is 24.3 Å². The molecular weight excluding hydrogens is 188 g/mol. The molecule has 1 rings (SSSR count). The third-order valence-electron chi connectivity index (χ3n) is 1.24. The number of halogens is 1. The Kier molecular flexibility index (Phi) is 5.42. The quantitative estimate of drug-likeness (QED) is 0.737. The zero-order chi connectivity index (χ0) is 10.3. The van der Waals surface area contributed by atoms with Gasteiger partial charge in [-0.2, -0.15) is 0 Å². The molecule has 0 aliphatic carbocycles. The number of carbonyl (C=O) groups is 1. The SMILES string of the molecule is C#C.O=C(O)Cc1cccc(Cl)c1. The summed E-state index contributed by atoms with van der Waals surface area (Å²) in [6.45, 7) is 0. The van der Waals surface area contributed by atoms with Crippen molar-refractivity contribution >= 4 is 17.6 Å². The number of benzene rings is 1. The van der Waals surface area contributed by atoms with Gasteiger partial charge in [0.15, 0.2) is 0 Å². The van der Waals surface area contributed by atoms with Crippen molar-refractivity contribution in [3.63, 3.8) is 0 Å². The molecule has 13 heavy (non-hydrogen) atoms. The van der Waals surface area contributed by atoms with E-state index in [-0.39, 0.29) is 6.42 Å². The predicted molar refractivity (Wildman–Crippen MR) is 52.7 cm³/mol. The summed E-state index contributed by atoms with van der Waals surface area (Å²) in [5, 5.41) is 8.99. The maximum absolute atomic E-state index is 10.2. The van der Waals surface area contributed by atoms with Crippen LogP contribution < -0.4 is 0 Å². The van der Waals surface area contributed by atoms with E-state index in [4.69, 9.17) is 16.7 Å². The molecule has 0 saturated carbocycles. The van der Waals surface area contributed by atoms with Crippen LogP contribution in [-0.4, -0.2) is 11.1 Å². The van der Waals surface area contributed by atoms with E-state index in [2.05, 4.69) is 12.8 Å². The van der Waals surface area contributed by atoms with E-state index in [1.165, 1.54) is 0 Å². The van der Waals surface area contributed by atoms with Gasteiger partial charge in [0.25, 0.3) is 0 Å². The number of aliphatic carboxylic acids is 1. The largest absolute Gasteiger partial charge is 0.481 e. The molecule has 0 aliphatic rings. The topological polar surface area (TPSA) is 37.3 Å². The highest BCUT2D eigenvalue weighted by Crippen LogP contribution is 2.10. The average molecular weight is 197 g/mol. The molecule has 1 N–H and O–H groups in total. The average Bonchev–Trinajstić information content (AvgIpc) is 2.06. The lowest BCUT2D eigenvalue weighted by Gasteiger charge is -1.95. The van der Waals surface area contributed by atoms with Gasteiger partial charge in [0, 0.05) is 5.02 Å². The summed E-state index contributed by atoms with van der Waals surface area (Å²) in [7, 11) is 0. The first-order valence-electron chi connectivity index (χ1n) is 3.48. The normalized spacial score (nSPS) is 8.23. The van der Waals surface area contributed by atoms with E-state index in [0.717, 1.165) is 5.56 Å². The van der Waals surface area contributed by atoms with Crippen molar-refractivity contribution in [2.75, 3.05) is 0 Å². The second-order valence-electron chi connectivity index (χ2n) is 2.20. The first kappa shape index (κ1) is 11.5. The lowest BCUT2D eigenvalue weighted by Crippen LogP contribution is -1.99. The van der Waals surface area contributed by atoms with Crippen molar-refractivity contribution in [2.45, 2.75) is 6.42 Å². The standard InChI is InChI=1S/C8H7ClO2.C2H2/c9-7-3-1-2-6(4-7)5-8(10)11;1-2/h1-4H,5H2,(H,10,11);1-2H. The van der Waals surface area contributed by atoms with Crippen molar-refractivity contribution in [3.05, 3.63) is 34.9 Å². The fraction of sp³-hybridized carbons (Fsp3) is 0.100. The second-order valence-corrected chi connectivity index (χ2v) is 2.64. The van der Waals surface area contributed by atoms with Crippen LogP contribution in [0.5, 0.6) is 0 Å². The maximum Gasteiger partial charge on any atom is 0.307 e. The van der Waals surface area contributed by atoms with Crippen LogP contribution in [0.2, 0.25) is 5.02 Å². The van der Waals surface area contributed by atoms with E-state index in [9.17, 15) is 4.79 Å². The lowest BCUT2D eigenvalue weighted by atomic mass is 10.2. The molecule has 1 aromatic carbocycles. The zero-order valence-electron chi connectivity index (χ0n) is 6.90. The zero-order valence-corrected chi connectivity index (χ0v) is 7.66. The van der Waals surface area contributed by atoms with E-state index in [0.29, 0.717) is 5.02 Å². The first-order valence-corrected chi connectivity index (χ1v) is 3.86. The minimum Gasteiger partial charge on any atom is -0.481 e. The van der Waals surface area contributed by atoms with Gasteiger partial charge in [-0.15, -0.1) is 12.8 Å². The van der Waals surface area contributed by atoms with Gasteiger partial charge in [-0.05, 0) is 17.7 Å². The van der Waals surface area contributed by atoms with Crippen molar-refractivity contribution in [1.29, 1.82) is 0 Å². The Morgan fingerprint density at radius 2 is 2.08 bits per heavy atom. The van der Waals surface area contributed by atoms with Crippen LogP contribution >= 0.6 is 11.6 Å². The van der Waals surface area contributed by atoms with Gasteiger partial charge in [0.1, 0.15) is 0 Å². The number of hydrogen-bond acceptors (Lipinski definition) is 1. The Bertz CT molecular complexity index is 305. The number of carboxylic acids is 1. The van der Waals surface area contributed by atoms with Crippen molar-refractivity contribution in [1.82, 2.24) is 0 Å². The summed E-state index contributed by atoms with van der Waals surface area (Å²) >= 11 is 5.64. The minimum absolute atomic E-state index is 0.0283. The molecule has 0 saturated heterocycles. The highest BCUT2D eigenvalue weighted by atomic mass is 35.5. The predicted octanol–water partition coefficient (Wildman–Crippen LogP) is 2.22. The molecule has 0 spiro atoms. The van der Waals surface area contributed by atoms with Gasteiger partial charge in [-0.25, -0.2) is 0 Å². The van der Waals surface area contributed by atoms with Crippen molar-refractivity contribution in [3.8, 4) is 12.8 Å². The molecular formula is C10H9ClO2. The summed E-state index contributed by atoms with van der Waals surface area (Å²) in [6, 6.07) is 6.84. The van der Waals surface area contributed by atoms with Gasteiger partial charge >= 0.3 is 5.97 Å². The Morgan fingerprint density at radius 1 is 1.46 bits per heavy atom. The van der Waals surface area contributed by atoms with Crippen molar-refractivity contribution < 1.29 is 9.90 Å². The van der Waals surface area contributed by atoms with Gasteiger partial charge in [0.05, 0.1) is 6.42 Å². The van der Waals surface area contributed by atoms with Crippen LogP contribution in [0.15, 0.2) is 24.3 Å². The van der Waals surface area contributed by atoms with Crippen LogP contribution in [0.25, 0.3) is 0 Å². The molecule has 0 heterocycles. The summed E-state index contributed by atoms with van der Waals surface area (Å²) in [6.07, 6.45) is 8.03. The van der Waals surface area contributed by atoms with Crippen LogP contribution in [0.3, 0.4) is 0 Å². The molecule has 0 atom stereocenters. The fourth-order valence-electron chi connectivity index (χ4n) is 0.822. The molecule has 0 bridgehead atoms. The Hall–Kier alpha value is -1.46. The van der Waals surface area contributed by atoms with E-state index in [1.807, 2.05) is 0 Å². The minimum atomic E-state index is -0.840. The molecule has 3 heteroatoms. The molecule has 1 aromatic rings. The monoisotopic (exact) mass is 196 g/mol.